The van der Waals surface area contributed by atoms with Crippen molar-refractivity contribution < 1.29 is 9.84 Å². The van der Waals surface area contributed by atoms with Crippen LogP contribution in [0, 0.1) is 0 Å². The molecular weight excluding hydrogens is 259 g/mol. The number of rotatable bonds is 3. The van der Waals surface area contributed by atoms with Crippen molar-refractivity contribution in [1.29, 1.82) is 0 Å². The number of ether oxygens (including phenoxy) is 1. The van der Waals surface area contributed by atoms with Gasteiger partial charge in [-0.25, -0.2) is 0 Å². The highest BCUT2D eigenvalue weighted by Gasteiger charge is 2.01. The van der Waals surface area contributed by atoms with Gasteiger partial charge in [0.25, 0.3) is 0 Å². The minimum Gasteiger partial charge on any atom is -0.506 e. The van der Waals surface area contributed by atoms with Gasteiger partial charge in [0.2, 0.25) is 0 Å². The van der Waals surface area contributed by atoms with E-state index in [1.165, 1.54) is 0 Å². The summed E-state index contributed by atoms with van der Waals surface area (Å²) in [5.74, 6) is 0.741. The van der Waals surface area contributed by atoms with E-state index < -0.39 is 0 Å². The van der Waals surface area contributed by atoms with Crippen LogP contribution in [0.4, 0.5) is 0 Å². The van der Waals surface area contributed by atoms with Crippen LogP contribution >= 0.6 is 23.2 Å². The molecule has 0 atom stereocenters. The predicted molar refractivity (Wildman–Crippen MR) is 68.9 cm³/mol. The van der Waals surface area contributed by atoms with Crippen LogP contribution in [0.1, 0.15) is 5.56 Å². The van der Waals surface area contributed by atoms with Crippen molar-refractivity contribution in [3.8, 4) is 11.5 Å². The lowest BCUT2D eigenvalue weighted by molar-refractivity contribution is 0.305. The molecule has 2 aromatic rings. The van der Waals surface area contributed by atoms with Crippen LogP contribution in [0.5, 0.6) is 11.5 Å². The molecule has 0 unspecified atom stereocenters. The number of benzene rings is 2. The molecule has 0 saturated heterocycles. The van der Waals surface area contributed by atoms with E-state index in [0.29, 0.717) is 22.4 Å². The van der Waals surface area contributed by atoms with Gasteiger partial charge in [0.1, 0.15) is 18.1 Å². The van der Waals surface area contributed by atoms with E-state index >= 15 is 0 Å². The van der Waals surface area contributed by atoms with Gasteiger partial charge in [-0.05, 0) is 35.9 Å². The molecule has 0 bridgehead atoms. The molecule has 0 aliphatic rings. The lowest BCUT2D eigenvalue weighted by atomic mass is 10.2. The first kappa shape index (κ1) is 12.1. The van der Waals surface area contributed by atoms with Crippen molar-refractivity contribution in [2.24, 2.45) is 0 Å². The SMILES string of the molecule is Oc1cc(COc2cccc(Cl)c2)ccc1Cl. The molecule has 88 valence electrons. The van der Waals surface area contributed by atoms with Crippen LogP contribution in [-0.4, -0.2) is 5.11 Å². The Morgan fingerprint density at radius 1 is 1.06 bits per heavy atom. The Balaban J connectivity index is 2.05. The Hall–Kier alpha value is -1.38. The van der Waals surface area contributed by atoms with Crippen molar-refractivity contribution in [1.82, 2.24) is 0 Å². The first-order valence-electron chi connectivity index (χ1n) is 5.01. The minimum atomic E-state index is 0.0545. The molecule has 0 spiro atoms. The van der Waals surface area contributed by atoms with Crippen LogP contribution < -0.4 is 4.74 Å². The molecule has 0 aromatic heterocycles. The standard InChI is InChI=1S/C13H10Cl2O2/c14-10-2-1-3-11(7-10)17-8-9-4-5-12(15)13(16)6-9/h1-7,16H,8H2. The Kier molecular flexibility index (Phi) is 3.77. The summed E-state index contributed by atoms with van der Waals surface area (Å²) in [5, 5.41) is 10.4. The molecule has 0 fully saturated rings. The van der Waals surface area contributed by atoms with E-state index in [0.717, 1.165) is 5.56 Å². The molecule has 0 heterocycles. The van der Waals surface area contributed by atoms with Crippen molar-refractivity contribution >= 4 is 23.2 Å². The molecule has 2 nitrogen and oxygen atoms in total. The summed E-state index contributed by atoms with van der Waals surface area (Å²) in [5.41, 5.74) is 0.840. The predicted octanol–water partition coefficient (Wildman–Crippen LogP) is 4.28. The third-order valence-corrected chi connectivity index (χ3v) is 2.77. The van der Waals surface area contributed by atoms with Crippen LogP contribution in [0.3, 0.4) is 0 Å². The van der Waals surface area contributed by atoms with Crippen LogP contribution in [-0.2, 0) is 6.61 Å². The first-order chi connectivity index (χ1) is 8.15. The summed E-state index contributed by atoms with van der Waals surface area (Å²) in [6.45, 7) is 0.352. The zero-order valence-corrected chi connectivity index (χ0v) is 10.4. The lowest BCUT2D eigenvalue weighted by Crippen LogP contribution is -1.95. The van der Waals surface area contributed by atoms with E-state index in [1.54, 1.807) is 30.3 Å². The van der Waals surface area contributed by atoms with Crippen LogP contribution in [0.15, 0.2) is 42.5 Å². The number of hydrogen-bond acceptors (Lipinski definition) is 2. The number of aromatic hydroxyl groups is 1. The highest BCUT2D eigenvalue weighted by atomic mass is 35.5. The Labute approximate surface area is 109 Å². The third kappa shape index (κ3) is 3.29. The normalized spacial score (nSPS) is 10.2. The van der Waals surface area contributed by atoms with Gasteiger partial charge in [0, 0.05) is 5.02 Å². The van der Waals surface area contributed by atoms with Crippen molar-refractivity contribution in [3.63, 3.8) is 0 Å². The average molecular weight is 269 g/mol. The van der Waals surface area contributed by atoms with Gasteiger partial charge in [-0.1, -0.05) is 35.3 Å². The van der Waals surface area contributed by atoms with Gasteiger partial charge in [-0.2, -0.15) is 0 Å². The molecule has 0 amide bonds. The number of phenolic OH excluding ortho intramolecular Hbond substituents is 1. The Morgan fingerprint density at radius 3 is 2.59 bits per heavy atom. The summed E-state index contributed by atoms with van der Waals surface area (Å²) in [6.07, 6.45) is 0. The lowest BCUT2D eigenvalue weighted by Gasteiger charge is -2.07. The fourth-order valence-electron chi connectivity index (χ4n) is 1.37. The summed E-state index contributed by atoms with van der Waals surface area (Å²) >= 11 is 11.5. The second kappa shape index (κ2) is 5.30. The summed E-state index contributed by atoms with van der Waals surface area (Å²) in [7, 11) is 0. The topological polar surface area (TPSA) is 29.5 Å². The van der Waals surface area contributed by atoms with E-state index in [1.807, 2.05) is 12.1 Å². The van der Waals surface area contributed by atoms with Gasteiger partial charge < -0.3 is 9.84 Å². The van der Waals surface area contributed by atoms with Gasteiger partial charge in [0.15, 0.2) is 0 Å². The van der Waals surface area contributed by atoms with Crippen LogP contribution in [0.2, 0.25) is 10.0 Å². The summed E-state index contributed by atoms with van der Waals surface area (Å²) in [4.78, 5) is 0. The monoisotopic (exact) mass is 268 g/mol. The quantitative estimate of drug-likeness (QED) is 0.901. The molecule has 0 aliphatic carbocycles. The van der Waals surface area contributed by atoms with Crippen LogP contribution in [0.25, 0.3) is 0 Å². The zero-order chi connectivity index (χ0) is 12.3. The zero-order valence-electron chi connectivity index (χ0n) is 8.86. The molecule has 17 heavy (non-hydrogen) atoms. The van der Waals surface area contributed by atoms with Gasteiger partial charge in [-0.3, -0.25) is 0 Å². The molecule has 2 rings (SSSR count). The second-order valence-electron chi connectivity index (χ2n) is 3.53. The highest BCUT2D eigenvalue weighted by molar-refractivity contribution is 6.32. The molecular formula is C13H10Cl2O2. The molecule has 4 heteroatoms. The van der Waals surface area contributed by atoms with Crippen molar-refractivity contribution in [2.75, 3.05) is 0 Å². The van der Waals surface area contributed by atoms with Gasteiger partial charge in [0.05, 0.1) is 5.02 Å². The maximum Gasteiger partial charge on any atom is 0.134 e. The molecule has 0 radical (unpaired) electrons. The number of phenols is 1. The van der Waals surface area contributed by atoms with Gasteiger partial charge >= 0.3 is 0 Å². The summed E-state index contributed by atoms with van der Waals surface area (Å²) < 4.78 is 5.53. The van der Waals surface area contributed by atoms with E-state index in [2.05, 4.69) is 0 Å². The largest absolute Gasteiger partial charge is 0.506 e. The Bertz CT molecular complexity index is 527. The third-order valence-electron chi connectivity index (χ3n) is 2.21. The molecule has 1 N–H and O–H groups in total. The molecule has 0 saturated carbocycles. The first-order valence-corrected chi connectivity index (χ1v) is 5.76. The van der Waals surface area contributed by atoms with Gasteiger partial charge in [-0.15, -0.1) is 0 Å². The fraction of sp³-hybridized carbons (Fsp3) is 0.0769. The second-order valence-corrected chi connectivity index (χ2v) is 4.38. The Morgan fingerprint density at radius 2 is 1.88 bits per heavy atom. The number of halogens is 2. The van der Waals surface area contributed by atoms with Crippen molar-refractivity contribution in [3.05, 3.63) is 58.1 Å². The molecule has 0 aliphatic heterocycles. The van der Waals surface area contributed by atoms with E-state index in [4.69, 9.17) is 27.9 Å². The average Bonchev–Trinajstić information content (AvgIpc) is 2.31. The minimum absolute atomic E-state index is 0.0545. The van der Waals surface area contributed by atoms with Crippen molar-refractivity contribution in [2.45, 2.75) is 6.61 Å². The maximum absolute atomic E-state index is 9.43. The fourth-order valence-corrected chi connectivity index (χ4v) is 1.67. The smallest absolute Gasteiger partial charge is 0.134 e. The van der Waals surface area contributed by atoms with E-state index in [9.17, 15) is 5.11 Å². The van der Waals surface area contributed by atoms with E-state index in [-0.39, 0.29) is 5.75 Å². The number of hydrogen-bond donors (Lipinski definition) is 1. The molecule has 2 aromatic carbocycles. The maximum atomic E-state index is 9.43. The summed E-state index contributed by atoms with van der Waals surface area (Å²) in [6, 6.07) is 12.2. The highest BCUT2D eigenvalue weighted by Crippen LogP contribution is 2.25.